The lowest BCUT2D eigenvalue weighted by Gasteiger charge is -2.08. The normalized spacial score (nSPS) is 12.3. The molecule has 0 saturated carbocycles. The Balaban J connectivity index is 1.95. The molecule has 2 nitrogen and oxygen atoms in total. The summed E-state index contributed by atoms with van der Waals surface area (Å²) in [7, 11) is 0. The Hall–Kier alpha value is -1.39. The minimum Gasteiger partial charge on any atom is -0.318 e. The number of nitrogens with two attached hydrogens (primary N) is 1. The third-order valence-electron chi connectivity index (χ3n) is 3.17. The molecule has 0 radical (unpaired) electrons. The first-order valence-electron chi connectivity index (χ1n) is 6.37. The van der Waals surface area contributed by atoms with Gasteiger partial charge in [-0.2, -0.15) is 0 Å². The highest BCUT2D eigenvalue weighted by atomic mass is 35.5. The quantitative estimate of drug-likeness (QED) is 0.717. The third kappa shape index (κ3) is 2.97. The first-order chi connectivity index (χ1) is 10.2. The number of aromatic nitrogens is 1. The van der Waals surface area contributed by atoms with Gasteiger partial charge in [-0.3, -0.25) is 0 Å². The Kier molecular flexibility index (Phi) is 4.27. The lowest BCUT2D eigenvalue weighted by atomic mass is 10.1. The molecule has 1 aromatic heterocycles. The maximum Gasteiger partial charge on any atom is 0.115 e. The maximum absolute atomic E-state index is 6.26. The van der Waals surface area contributed by atoms with E-state index in [1.165, 1.54) is 11.3 Å². The van der Waals surface area contributed by atoms with Gasteiger partial charge < -0.3 is 5.73 Å². The summed E-state index contributed by atoms with van der Waals surface area (Å²) in [5.41, 5.74) is 8.93. The molecule has 0 aliphatic heterocycles. The van der Waals surface area contributed by atoms with Crippen molar-refractivity contribution in [2.24, 2.45) is 5.73 Å². The van der Waals surface area contributed by atoms with E-state index in [0.29, 0.717) is 10.0 Å². The van der Waals surface area contributed by atoms with Gasteiger partial charge in [-0.05, 0) is 11.6 Å². The molecule has 106 valence electrons. The Morgan fingerprint density at radius 3 is 2.52 bits per heavy atom. The molecule has 2 N–H and O–H groups in total. The smallest absolute Gasteiger partial charge is 0.115 e. The average molecular weight is 335 g/mol. The molecule has 0 spiro atoms. The standard InChI is InChI=1S/C16H12Cl2N2S/c17-12-8-4-7-11(14(12)18)13-9-21-16(20-13)15(19)10-5-2-1-3-6-10/h1-9,15H,19H2. The van der Waals surface area contributed by atoms with Crippen LogP contribution in [0, 0.1) is 0 Å². The molecule has 1 heterocycles. The number of hydrogen-bond donors (Lipinski definition) is 1. The van der Waals surface area contributed by atoms with Crippen molar-refractivity contribution in [3.05, 3.63) is 74.5 Å². The molecule has 0 aliphatic rings. The van der Waals surface area contributed by atoms with Crippen LogP contribution in [0.5, 0.6) is 0 Å². The number of hydrogen-bond acceptors (Lipinski definition) is 3. The highest BCUT2D eigenvalue weighted by Crippen LogP contribution is 2.35. The summed E-state index contributed by atoms with van der Waals surface area (Å²) in [5.74, 6) is 0. The fourth-order valence-corrected chi connectivity index (χ4v) is 3.30. The molecule has 1 unspecified atom stereocenters. The second-order valence-corrected chi connectivity index (χ2v) is 6.24. The largest absolute Gasteiger partial charge is 0.318 e. The van der Waals surface area contributed by atoms with Crippen LogP contribution in [0.1, 0.15) is 16.6 Å². The fraction of sp³-hybridized carbons (Fsp3) is 0.0625. The molecule has 0 fully saturated rings. The highest BCUT2D eigenvalue weighted by Gasteiger charge is 2.15. The molecule has 3 rings (SSSR count). The van der Waals surface area contributed by atoms with Crippen molar-refractivity contribution in [3.63, 3.8) is 0 Å². The predicted octanol–water partition coefficient (Wildman–Crippen LogP) is 5.17. The van der Waals surface area contributed by atoms with Crippen molar-refractivity contribution in [3.8, 4) is 11.3 Å². The van der Waals surface area contributed by atoms with Gasteiger partial charge in [0.2, 0.25) is 0 Å². The molecular formula is C16H12Cl2N2S. The zero-order chi connectivity index (χ0) is 14.8. The van der Waals surface area contributed by atoms with Crippen molar-refractivity contribution in [1.29, 1.82) is 0 Å². The Labute approximate surface area is 137 Å². The van der Waals surface area contributed by atoms with Gasteiger partial charge in [-0.25, -0.2) is 4.98 Å². The SMILES string of the molecule is NC(c1ccccc1)c1nc(-c2cccc(Cl)c2Cl)cs1. The van der Waals surface area contributed by atoms with Crippen LogP contribution in [0.15, 0.2) is 53.9 Å². The summed E-state index contributed by atoms with van der Waals surface area (Å²) in [6.07, 6.45) is 0. The monoisotopic (exact) mass is 334 g/mol. The van der Waals surface area contributed by atoms with E-state index in [4.69, 9.17) is 28.9 Å². The van der Waals surface area contributed by atoms with Crippen molar-refractivity contribution >= 4 is 34.5 Å². The molecule has 1 atom stereocenters. The van der Waals surface area contributed by atoms with Crippen LogP contribution < -0.4 is 5.73 Å². The van der Waals surface area contributed by atoms with E-state index < -0.39 is 0 Å². The lowest BCUT2D eigenvalue weighted by Crippen LogP contribution is -2.11. The topological polar surface area (TPSA) is 38.9 Å². The maximum atomic E-state index is 6.26. The number of benzene rings is 2. The predicted molar refractivity (Wildman–Crippen MR) is 90.0 cm³/mol. The molecule has 3 aromatic rings. The first-order valence-corrected chi connectivity index (χ1v) is 8.00. The van der Waals surface area contributed by atoms with Gasteiger partial charge in [-0.15, -0.1) is 11.3 Å². The minimum atomic E-state index is -0.233. The molecule has 0 bridgehead atoms. The van der Waals surface area contributed by atoms with Crippen LogP contribution in [0.3, 0.4) is 0 Å². The van der Waals surface area contributed by atoms with Gasteiger partial charge in [0, 0.05) is 10.9 Å². The summed E-state index contributed by atoms with van der Waals surface area (Å²) in [6.45, 7) is 0. The lowest BCUT2D eigenvalue weighted by molar-refractivity contribution is 0.859. The molecule has 2 aromatic carbocycles. The molecule has 0 saturated heterocycles. The van der Waals surface area contributed by atoms with E-state index in [1.54, 1.807) is 6.07 Å². The van der Waals surface area contributed by atoms with Crippen LogP contribution in [0.25, 0.3) is 11.3 Å². The van der Waals surface area contributed by atoms with Crippen LogP contribution >= 0.6 is 34.5 Å². The van der Waals surface area contributed by atoms with E-state index in [0.717, 1.165) is 21.8 Å². The van der Waals surface area contributed by atoms with Crippen molar-refractivity contribution < 1.29 is 0 Å². The Morgan fingerprint density at radius 1 is 1.00 bits per heavy atom. The van der Waals surface area contributed by atoms with Gasteiger partial charge in [0.25, 0.3) is 0 Å². The number of rotatable bonds is 3. The van der Waals surface area contributed by atoms with Gasteiger partial charge in [0.05, 0.1) is 21.8 Å². The summed E-state index contributed by atoms with van der Waals surface area (Å²) in [4.78, 5) is 4.61. The van der Waals surface area contributed by atoms with Crippen LogP contribution in [0.2, 0.25) is 10.0 Å². The van der Waals surface area contributed by atoms with Crippen LogP contribution in [0.4, 0.5) is 0 Å². The molecule has 5 heteroatoms. The van der Waals surface area contributed by atoms with E-state index >= 15 is 0 Å². The van der Waals surface area contributed by atoms with Gasteiger partial charge in [0.1, 0.15) is 5.01 Å². The van der Waals surface area contributed by atoms with Crippen molar-refractivity contribution in [1.82, 2.24) is 4.98 Å². The molecule has 21 heavy (non-hydrogen) atoms. The fourth-order valence-electron chi connectivity index (χ4n) is 2.06. The zero-order valence-corrected chi connectivity index (χ0v) is 13.3. The first kappa shape index (κ1) is 14.5. The second-order valence-electron chi connectivity index (χ2n) is 4.56. The summed E-state index contributed by atoms with van der Waals surface area (Å²) in [6, 6.07) is 15.2. The molecular weight excluding hydrogens is 323 g/mol. The highest BCUT2D eigenvalue weighted by molar-refractivity contribution is 7.10. The number of nitrogens with zero attached hydrogens (tertiary/aromatic N) is 1. The van der Waals surface area contributed by atoms with Gasteiger partial charge in [-0.1, -0.05) is 65.7 Å². The summed E-state index contributed by atoms with van der Waals surface area (Å²) < 4.78 is 0. The van der Waals surface area contributed by atoms with Gasteiger partial charge >= 0.3 is 0 Å². The summed E-state index contributed by atoms with van der Waals surface area (Å²) in [5, 5.41) is 3.85. The van der Waals surface area contributed by atoms with E-state index in [2.05, 4.69) is 4.98 Å². The number of halogens is 2. The third-order valence-corrected chi connectivity index (χ3v) is 4.92. The Bertz CT molecular complexity index is 756. The van der Waals surface area contributed by atoms with E-state index in [9.17, 15) is 0 Å². The Morgan fingerprint density at radius 2 is 1.76 bits per heavy atom. The van der Waals surface area contributed by atoms with E-state index in [-0.39, 0.29) is 6.04 Å². The zero-order valence-electron chi connectivity index (χ0n) is 11.0. The van der Waals surface area contributed by atoms with Crippen molar-refractivity contribution in [2.75, 3.05) is 0 Å². The second kappa shape index (κ2) is 6.16. The van der Waals surface area contributed by atoms with Crippen LogP contribution in [-0.4, -0.2) is 4.98 Å². The minimum absolute atomic E-state index is 0.233. The number of thiazole rings is 1. The molecule has 0 amide bonds. The molecule has 0 aliphatic carbocycles. The summed E-state index contributed by atoms with van der Waals surface area (Å²) >= 11 is 13.8. The van der Waals surface area contributed by atoms with E-state index in [1.807, 2.05) is 47.8 Å². The average Bonchev–Trinajstić information content (AvgIpc) is 3.00. The van der Waals surface area contributed by atoms with Crippen LogP contribution in [-0.2, 0) is 0 Å². The van der Waals surface area contributed by atoms with Crippen molar-refractivity contribution in [2.45, 2.75) is 6.04 Å². The van der Waals surface area contributed by atoms with Gasteiger partial charge in [0.15, 0.2) is 0 Å².